The van der Waals surface area contributed by atoms with E-state index in [1.54, 1.807) is 24.0 Å². The van der Waals surface area contributed by atoms with Crippen LogP contribution in [-0.2, 0) is 13.6 Å². The van der Waals surface area contributed by atoms with E-state index in [0.29, 0.717) is 6.54 Å². The molecule has 2 heterocycles. The third-order valence-corrected chi connectivity index (χ3v) is 2.60. The van der Waals surface area contributed by atoms with Crippen molar-refractivity contribution < 1.29 is 4.92 Å². The highest BCUT2D eigenvalue weighted by Crippen LogP contribution is 2.28. The van der Waals surface area contributed by atoms with Crippen molar-refractivity contribution in [3.8, 4) is 0 Å². The monoisotopic (exact) mass is 268 g/mol. The minimum atomic E-state index is -0.617. The topological polar surface area (TPSA) is 98.8 Å². The van der Waals surface area contributed by atoms with Gasteiger partial charge in [0.2, 0.25) is 11.0 Å². The minimum absolute atomic E-state index is 0.0844. The van der Waals surface area contributed by atoms with Gasteiger partial charge in [-0.1, -0.05) is 11.6 Å². The van der Waals surface area contributed by atoms with Crippen molar-refractivity contribution >= 4 is 23.1 Å². The molecule has 0 spiro atoms. The van der Waals surface area contributed by atoms with Gasteiger partial charge in [-0.3, -0.25) is 14.8 Å². The van der Waals surface area contributed by atoms with Crippen molar-refractivity contribution in [3.05, 3.63) is 39.6 Å². The van der Waals surface area contributed by atoms with Crippen LogP contribution in [0.15, 0.2) is 18.6 Å². The van der Waals surface area contributed by atoms with Crippen LogP contribution in [0.1, 0.15) is 5.69 Å². The first-order valence-electron chi connectivity index (χ1n) is 4.95. The summed E-state index contributed by atoms with van der Waals surface area (Å²) in [5.74, 6) is 0.0844. The van der Waals surface area contributed by atoms with E-state index in [4.69, 9.17) is 11.6 Å². The Morgan fingerprint density at radius 2 is 2.33 bits per heavy atom. The summed E-state index contributed by atoms with van der Waals surface area (Å²) in [7, 11) is 1.78. The Morgan fingerprint density at radius 1 is 1.56 bits per heavy atom. The maximum atomic E-state index is 10.9. The highest BCUT2D eigenvalue weighted by atomic mass is 35.5. The second-order valence-corrected chi connectivity index (χ2v) is 3.78. The first kappa shape index (κ1) is 12.2. The van der Waals surface area contributed by atoms with Gasteiger partial charge >= 0.3 is 5.69 Å². The quantitative estimate of drug-likeness (QED) is 0.511. The standard InChI is InChI=1S/C9H9ClN6O2/c1-15-6(2-3-14-15)4-11-9-7(16(17)18)8(10)12-5-13-9/h2-3,5H,4H2,1H3,(H,11,12,13). The van der Waals surface area contributed by atoms with Gasteiger partial charge in [-0.2, -0.15) is 5.10 Å². The molecule has 8 nitrogen and oxygen atoms in total. The van der Waals surface area contributed by atoms with Gasteiger partial charge in [0.25, 0.3) is 0 Å². The lowest BCUT2D eigenvalue weighted by molar-refractivity contribution is -0.384. The number of nitrogens with zero attached hydrogens (tertiary/aromatic N) is 5. The number of aromatic nitrogens is 4. The van der Waals surface area contributed by atoms with Crippen LogP contribution < -0.4 is 5.32 Å². The predicted molar refractivity (Wildman–Crippen MR) is 64.2 cm³/mol. The zero-order valence-electron chi connectivity index (χ0n) is 9.37. The second-order valence-electron chi connectivity index (χ2n) is 3.42. The summed E-state index contributed by atoms with van der Waals surface area (Å²) in [5, 5.41) is 17.5. The molecular weight excluding hydrogens is 260 g/mol. The number of hydrogen-bond acceptors (Lipinski definition) is 6. The van der Waals surface area contributed by atoms with Gasteiger partial charge in [-0.25, -0.2) is 9.97 Å². The number of aryl methyl sites for hydroxylation is 1. The molecule has 9 heteroatoms. The Labute approximate surface area is 107 Å². The first-order chi connectivity index (χ1) is 8.59. The molecular formula is C9H9ClN6O2. The molecule has 0 atom stereocenters. The normalized spacial score (nSPS) is 10.3. The average molecular weight is 269 g/mol. The lowest BCUT2D eigenvalue weighted by atomic mass is 10.4. The van der Waals surface area contributed by atoms with Gasteiger partial charge < -0.3 is 5.32 Å². The summed E-state index contributed by atoms with van der Waals surface area (Å²) < 4.78 is 1.65. The summed E-state index contributed by atoms with van der Waals surface area (Å²) in [4.78, 5) is 17.6. The van der Waals surface area contributed by atoms with Crippen LogP contribution >= 0.6 is 11.6 Å². The number of hydrogen-bond donors (Lipinski definition) is 1. The van der Waals surface area contributed by atoms with Gasteiger partial charge in [0, 0.05) is 13.2 Å². The zero-order chi connectivity index (χ0) is 13.1. The van der Waals surface area contributed by atoms with Crippen molar-refractivity contribution in [2.24, 2.45) is 7.05 Å². The highest BCUT2D eigenvalue weighted by Gasteiger charge is 2.21. The molecule has 0 radical (unpaired) electrons. The van der Waals surface area contributed by atoms with Crippen LogP contribution in [0.25, 0.3) is 0 Å². The zero-order valence-corrected chi connectivity index (χ0v) is 10.1. The lowest BCUT2D eigenvalue weighted by Crippen LogP contribution is -2.08. The fraction of sp³-hybridized carbons (Fsp3) is 0.222. The molecule has 0 saturated carbocycles. The highest BCUT2D eigenvalue weighted by molar-refractivity contribution is 6.31. The van der Waals surface area contributed by atoms with Gasteiger partial charge in [0.15, 0.2) is 0 Å². The summed E-state index contributed by atoms with van der Waals surface area (Å²) in [5.41, 5.74) is 0.528. The third kappa shape index (κ3) is 2.38. The smallest absolute Gasteiger partial charge is 0.348 e. The Kier molecular flexibility index (Phi) is 3.38. The van der Waals surface area contributed by atoms with E-state index in [0.717, 1.165) is 5.69 Å². The lowest BCUT2D eigenvalue weighted by Gasteiger charge is -2.06. The SMILES string of the molecule is Cn1nccc1CNc1ncnc(Cl)c1[N+](=O)[O-]. The van der Waals surface area contributed by atoms with Crippen molar-refractivity contribution in [1.29, 1.82) is 0 Å². The number of nitrogens with one attached hydrogen (secondary N) is 1. The molecule has 0 aliphatic heterocycles. The number of nitro groups is 1. The predicted octanol–water partition coefficient (Wildman–Crippen LogP) is 1.38. The van der Waals surface area contributed by atoms with Gasteiger partial charge in [0.1, 0.15) is 6.33 Å². The Hall–Kier alpha value is -2.22. The van der Waals surface area contributed by atoms with E-state index in [-0.39, 0.29) is 16.7 Å². The maximum absolute atomic E-state index is 10.9. The molecule has 94 valence electrons. The number of halogens is 1. The molecule has 18 heavy (non-hydrogen) atoms. The van der Waals surface area contributed by atoms with Crippen LogP contribution in [0.4, 0.5) is 11.5 Å². The van der Waals surface area contributed by atoms with Crippen molar-refractivity contribution in [2.75, 3.05) is 5.32 Å². The van der Waals surface area contributed by atoms with Crippen LogP contribution in [-0.4, -0.2) is 24.7 Å². The number of rotatable bonds is 4. The Bertz CT molecular complexity index is 584. The molecule has 2 aromatic rings. The molecule has 0 aliphatic rings. The minimum Gasteiger partial charge on any atom is -0.359 e. The van der Waals surface area contributed by atoms with Crippen molar-refractivity contribution in [2.45, 2.75) is 6.54 Å². The van der Waals surface area contributed by atoms with Crippen LogP contribution in [0.3, 0.4) is 0 Å². The van der Waals surface area contributed by atoms with Crippen LogP contribution in [0, 0.1) is 10.1 Å². The number of anilines is 1. The van der Waals surface area contributed by atoms with E-state index < -0.39 is 4.92 Å². The van der Waals surface area contributed by atoms with Crippen molar-refractivity contribution in [3.63, 3.8) is 0 Å². The third-order valence-electron chi connectivity index (χ3n) is 2.32. The Balaban J connectivity index is 2.22. The summed E-state index contributed by atoms with van der Waals surface area (Å²) in [6, 6.07) is 1.79. The summed E-state index contributed by atoms with van der Waals surface area (Å²) >= 11 is 5.67. The summed E-state index contributed by atoms with van der Waals surface area (Å²) in [6.45, 7) is 0.352. The molecule has 0 fully saturated rings. The first-order valence-corrected chi connectivity index (χ1v) is 5.33. The van der Waals surface area contributed by atoms with E-state index in [9.17, 15) is 10.1 Å². The largest absolute Gasteiger partial charge is 0.359 e. The fourth-order valence-corrected chi connectivity index (χ4v) is 1.60. The van der Waals surface area contributed by atoms with Crippen molar-refractivity contribution in [1.82, 2.24) is 19.7 Å². The molecule has 0 aromatic carbocycles. The van der Waals surface area contributed by atoms with Gasteiger partial charge in [-0.15, -0.1) is 0 Å². The van der Waals surface area contributed by atoms with E-state index in [1.165, 1.54) is 6.33 Å². The molecule has 2 rings (SSSR count). The second kappa shape index (κ2) is 4.96. The van der Waals surface area contributed by atoms with E-state index >= 15 is 0 Å². The molecule has 0 amide bonds. The average Bonchev–Trinajstić information content (AvgIpc) is 2.71. The van der Waals surface area contributed by atoms with Gasteiger partial charge in [-0.05, 0) is 6.07 Å². The summed E-state index contributed by atoms with van der Waals surface area (Å²) in [6.07, 6.45) is 2.80. The fourth-order valence-electron chi connectivity index (χ4n) is 1.40. The molecule has 0 saturated heterocycles. The van der Waals surface area contributed by atoms with E-state index in [2.05, 4.69) is 20.4 Å². The molecule has 1 N–H and O–H groups in total. The molecule has 0 bridgehead atoms. The molecule has 0 aliphatic carbocycles. The molecule has 2 aromatic heterocycles. The molecule has 0 unspecified atom stereocenters. The van der Waals surface area contributed by atoms with E-state index in [1.807, 2.05) is 0 Å². The van der Waals surface area contributed by atoms with Crippen LogP contribution in [0.2, 0.25) is 5.15 Å². The van der Waals surface area contributed by atoms with Crippen LogP contribution in [0.5, 0.6) is 0 Å². The maximum Gasteiger partial charge on any atom is 0.348 e. The Morgan fingerprint density at radius 3 is 2.94 bits per heavy atom. The van der Waals surface area contributed by atoms with Gasteiger partial charge in [0.05, 0.1) is 17.2 Å².